The summed E-state index contributed by atoms with van der Waals surface area (Å²) < 4.78 is 5.03. The predicted octanol–water partition coefficient (Wildman–Crippen LogP) is 0.259. The van der Waals surface area contributed by atoms with E-state index in [2.05, 4.69) is 10.3 Å². The second-order valence-electron chi connectivity index (χ2n) is 3.20. The van der Waals surface area contributed by atoms with Crippen molar-refractivity contribution < 1.29 is 9.57 Å². The molecule has 14 heavy (non-hydrogen) atoms. The number of hydrogen-bond acceptors (Lipinski definition) is 4. The SMILES string of the molecule is c1ccc2c(c1)nnn2OCC1CO1. The lowest BCUT2D eigenvalue weighted by Crippen LogP contribution is -2.17. The molecule has 1 fully saturated rings. The van der Waals surface area contributed by atoms with Gasteiger partial charge in [-0.25, -0.2) is 0 Å². The molecule has 5 nitrogen and oxygen atoms in total. The number of fused-ring (bicyclic) bond motifs is 1. The summed E-state index contributed by atoms with van der Waals surface area (Å²) >= 11 is 0. The van der Waals surface area contributed by atoms with E-state index in [0.717, 1.165) is 17.6 Å². The second-order valence-corrected chi connectivity index (χ2v) is 3.20. The Bertz CT molecular complexity index is 450. The number of hydrogen-bond donors (Lipinski definition) is 0. The standard InChI is InChI=1S/C9H9N3O2/c1-2-4-9-8(3-1)10-11-12(9)14-6-7-5-13-7/h1-4,7H,5-6H2. The average Bonchev–Trinajstić information content (AvgIpc) is 2.96. The van der Waals surface area contributed by atoms with Gasteiger partial charge >= 0.3 is 0 Å². The van der Waals surface area contributed by atoms with E-state index in [1.165, 1.54) is 4.85 Å². The molecule has 0 spiro atoms. The lowest BCUT2D eigenvalue weighted by molar-refractivity contribution is 0.0750. The van der Waals surface area contributed by atoms with Gasteiger partial charge in [0.1, 0.15) is 23.7 Å². The van der Waals surface area contributed by atoms with Crippen molar-refractivity contribution in [3.05, 3.63) is 24.3 Å². The van der Waals surface area contributed by atoms with Crippen molar-refractivity contribution in [3.8, 4) is 0 Å². The fourth-order valence-electron chi connectivity index (χ4n) is 1.26. The highest BCUT2D eigenvalue weighted by Crippen LogP contribution is 2.10. The first-order valence-corrected chi connectivity index (χ1v) is 4.49. The maximum absolute atomic E-state index is 5.40. The van der Waals surface area contributed by atoms with Crippen LogP contribution in [0.5, 0.6) is 0 Å². The van der Waals surface area contributed by atoms with E-state index in [1.807, 2.05) is 24.3 Å². The molecule has 3 rings (SSSR count). The van der Waals surface area contributed by atoms with E-state index >= 15 is 0 Å². The van der Waals surface area contributed by atoms with Crippen molar-refractivity contribution in [3.63, 3.8) is 0 Å². The summed E-state index contributed by atoms with van der Waals surface area (Å²) in [7, 11) is 0. The first-order chi connectivity index (χ1) is 6.93. The van der Waals surface area contributed by atoms with E-state index in [9.17, 15) is 0 Å². The number of benzene rings is 1. The zero-order valence-corrected chi connectivity index (χ0v) is 7.46. The number of aromatic nitrogens is 3. The highest BCUT2D eigenvalue weighted by molar-refractivity contribution is 5.73. The van der Waals surface area contributed by atoms with Crippen molar-refractivity contribution in [2.24, 2.45) is 0 Å². The molecule has 0 aliphatic carbocycles. The molecule has 1 atom stereocenters. The minimum atomic E-state index is 0.234. The molecule has 72 valence electrons. The van der Waals surface area contributed by atoms with Crippen LogP contribution >= 0.6 is 0 Å². The number of epoxide rings is 1. The van der Waals surface area contributed by atoms with Crippen LogP contribution < -0.4 is 4.84 Å². The lowest BCUT2D eigenvalue weighted by atomic mass is 10.3. The van der Waals surface area contributed by atoms with E-state index in [1.54, 1.807) is 0 Å². The lowest BCUT2D eigenvalue weighted by Gasteiger charge is -2.01. The molecule has 2 aromatic rings. The average molecular weight is 191 g/mol. The Morgan fingerprint density at radius 1 is 1.50 bits per heavy atom. The quantitative estimate of drug-likeness (QED) is 0.653. The first-order valence-electron chi connectivity index (χ1n) is 4.49. The normalized spacial score (nSPS) is 19.9. The second kappa shape index (κ2) is 2.95. The highest BCUT2D eigenvalue weighted by Gasteiger charge is 2.23. The van der Waals surface area contributed by atoms with Crippen LogP contribution in [0.3, 0.4) is 0 Å². The molecule has 0 radical (unpaired) electrons. The Kier molecular flexibility index (Phi) is 1.63. The Balaban J connectivity index is 1.87. The smallest absolute Gasteiger partial charge is 0.145 e. The van der Waals surface area contributed by atoms with Gasteiger partial charge < -0.3 is 9.57 Å². The molecular weight excluding hydrogens is 182 g/mol. The van der Waals surface area contributed by atoms with Crippen molar-refractivity contribution in [1.29, 1.82) is 0 Å². The molecule has 0 amide bonds. The van der Waals surface area contributed by atoms with Gasteiger partial charge in [-0.3, -0.25) is 0 Å². The minimum Gasteiger partial charge on any atom is -0.392 e. The molecule has 1 aromatic carbocycles. The minimum absolute atomic E-state index is 0.234. The number of para-hydroxylation sites is 1. The van der Waals surface area contributed by atoms with Crippen LogP contribution in [-0.2, 0) is 4.74 Å². The molecule has 1 aliphatic rings. The van der Waals surface area contributed by atoms with E-state index in [-0.39, 0.29) is 6.10 Å². The van der Waals surface area contributed by atoms with Gasteiger partial charge in [-0.1, -0.05) is 17.0 Å². The summed E-state index contributed by atoms with van der Waals surface area (Å²) in [5, 5.41) is 7.85. The Hall–Kier alpha value is -1.62. The van der Waals surface area contributed by atoms with Crippen LogP contribution in [0.1, 0.15) is 0 Å². The Labute approximate surface area is 80.2 Å². The Morgan fingerprint density at radius 3 is 3.21 bits per heavy atom. The highest BCUT2D eigenvalue weighted by atomic mass is 16.7. The fourth-order valence-corrected chi connectivity index (χ4v) is 1.26. The molecule has 1 unspecified atom stereocenters. The summed E-state index contributed by atoms with van der Waals surface area (Å²) in [6, 6.07) is 7.67. The summed E-state index contributed by atoms with van der Waals surface area (Å²) in [4.78, 5) is 6.84. The van der Waals surface area contributed by atoms with Crippen molar-refractivity contribution in [2.45, 2.75) is 6.10 Å². The molecule has 1 saturated heterocycles. The number of ether oxygens (including phenoxy) is 1. The van der Waals surface area contributed by atoms with E-state index in [0.29, 0.717) is 6.61 Å². The molecule has 5 heteroatoms. The van der Waals surface area contributed by atoms with Gasteiger partial charge in [0.2, 0.25) is 0 Å². The number of nitrogens with zero attached hydrogens (tertiary/aromatic N) is 3. The molecular formula is C9H9N3O2. The third-order valence-electron chi connectivity index (χ3n) is 2.11. The van der Waals surface area contributed by atoms with Crippen LogP contribution in [0, 0.1) is 0 Å². The third-order valence-corrected chi connectivity index (χ3v) is 2.11. The molecule has 1 aromatic heterocycles. The maximum atomic E-state index is 5.40. The van der Waals surface area contributed by atoms with Gasteiger partial charge in [0, 0.05) is 0 Å². The third kappa shape index (κ3) is 1.31. The zero-order chi connectivity index (χ0) is 9.38. The van der Waals surface area contributed by atoms with E-state index < -0.39 is 0 Å². The van der Waals surface area contributed by atoms with Gasteiger partial charge in [-0.05, 0) is 17.3 Å². The van der Waals surface area contributed by atoms with Crippen molar-refractivity contribution in [2.75, 3.05) is 13.2 Å². The molecule has 0 bridgehead atoms. The zero-order valence-electron chi connectivity index (χ0n) is 7.46. The molecule has 0 saturated carbocycles. The van der Waals surface area contributed by atoms with Gasteiger partial charge in [0.25, 0.3) is 0 Å². The van der Waals surface area contributed by atoms with Crippen molar-refractivity contribution >= 4 is 11.0 Å². The first kappa shape index (κ1) is 7.75. The van der Waals surface area contributed by atoms with Crippen LogP contribution in [0.15, 0.2) is 24.3 Å². The fraction of sp³-hybridized carbons (Fsp3) is 0.333. The summed E-state index contributed by atoms with van der Waals surface area (Å²) in [5.74, 6) is 0. The van der Waals surface area contributed by atoms with Crippen LogP contribution in [0.2, 0.25) is 0 Å². The van der Waals surface area contributed by atoms with Gasteiger partial charge in [0.15, 0.2) is 0 Å². The van der Waals surface area contributed by atoms with E-state index in [4.69, 9.17) is 9.57 Å². The topological polar surface area (TPSA) is 52.5 Å². The van der Waals surface area contributed by atoms with Crippen molar-refractivity contribution in [1.82, 2.24) is 15.2 Å². The van der Waals surface area contributed by atoms with Crippen LogP contribution in [0.4, 0.5) is 0 Å². The van der Waals surface area contributed by atoms with Gasteiger partial charge in [-0.2, -0.15) is 0 Å². The number of rotatable bonds is 3. The summed E-state index contributed by atoms with van der Waals surface area (Å²) in [6.07, 6.45) is 0.234. The van der Waals surface area contributed by atoms with Gasteiger partial charge in [-0.15, -0.1) is 5.10 Å². The van der Waals surface area contributed by atoms with Crippen LogP contribution in [0.25, 0.3) is 11.0 Å². The predicted molar refractivity (Wildman–Crippen MR) is 48.7 cm³/mol. The Morgan fingerprint density at radius 2 is 2.36 bits per heavy atom. The molecule has 2 heterocycles. The largest absolute Gasteiger partial charge is 0.392 e. The summed E-state index contributed by atoms with van der Waals surface area (Å²) in [6.45, 7) is 1.32. The molecule has 1 aliphatic heterocycles. The van der Waals surface area contributed by atoms with Gasteiger partial charge in [0.05, 0.1) is 6.61 Å². The summed E-state index contributed by atoms with van der Waals surface area (Å²) in [5.41, 5.74) is 1.72. The van der Waals surface area contributed by atoms with Crippen LogP contribution in [-0.4, -0.2) is 34.5 Å². The molecule has 0 N–H and O–H groups in total. The monoisotopic (exact) mass is 191 g/mol. The maximum Gasteiger partial charge on any atom is 0.145 e.